The van der Waals surface area contributed by atoms with Crippen molar-refractivity contribution < 1.29 is 19.5 Å². The third-order valence-corrected chi connectivity index (χ3v) is 2.07. The van der Waals surface area contributed by atoms with Crippen molar-refractivity contribution in [3.63, 3.8) is 0 Å². The van der Waals surface area contributed by atoms with Gasteiger partial charge in [0.2, 0.25) is 5.91 Å². The number of urea groups is 1. The molecule has 0 saturated carbocycles. The molecule has 0 saturated heterocycles. The van der Waals surface area contributed by atoms with Crippen LogP contribution < -0.4 is 16.4 Å². The highest BCUT2D eigenvalue weighted by Crippen LogP contribution is 1.93. The SMILES string of the molecule is CCCCCNC(=O)NC(CC(N)=O)C(=O)O. The maximum absolute atomic E-state index is 11.3. The van der Waals surface area contributed by atoms with Crippen LogP contribution in [0.25, 0.3) is 0 Å². The zero-order valence-corrected chi connectivity index (χ0v) is 9.86. The van der Waals surface area contributed by atoms with Gasteiger partial charge in [0.05, 0.1) is 6.42 Å². The lowest BCUT2D eigenvalue weighted by molar-refractivity contribution is -0.140. The number of aliphatic carboxylic acids is 1. The molecule has 1 atom stereocenters. The van der Waals surface area contributed by atoms with E-state index in [0.717, 1.165) is 19.3 Å². The lowest BCUT2D eigenvalue weighted by Crippen LogP contribution is -2.47. The molecule has 0 radical (unpaired) electrons. The van der Waals surface area contributed by atoms with Crippen molar-refractivity contribution in [3.05, 3.63) is 0 Å². The number of hydrogen-bond acceptors (Lipinski definition) is 3. The van der Waals surface area contributed by atoms with Crippen LogP contribution in [0.15, 0.2) is 0 Å². The Balaban J connectivity index is 3.96. The molecule has 0 bridgehead atoms. The first kappa shape index (κ1) is 15.2. The van der Waals surface area contributed by atoms with Gasteiger partial charge in [-0.1, -0.05) is 19.8 Å². The fourth-order valence-corrected chi connectivity index (χ4v) is 1.19. The zero-order valence-electron chi connectivity index (χ0n) is 9.86. The molecule has 0 aliphatic rings. The second kappa shape index (κ2) is 8.37. The number of amides is 3. The van der Waals surface area contributed by atoms with Gasteiger partial charge >= 0.3 is 12.0 Å². The quantitative estimate of drug-likeness (QED) is 0.442. The third kappa shape index (κ3) is 8.06. The standard InChI is InChI=1S/C10H19N3O4/c1-2-3-4-5-12-10(17)13-7(9(15)16)6-8(11)14/h7H,2-6H2,1H3,(H2,11,14)(H,15,16)(H2,12,13,17). The first-order valence-corrected chi connectivity index (χ1v) is 5.52. The molecule has 0 spiro atoms. The summed E-state index contributed by atoms with van der Waals surface area (Å²) < 4.78 is 0. The van der Waals surface area contributed by atoms with Crippen molar-refractivity contribution in [2.45, 2.75) is 38.6 Å². The zero-order chi connectivity index (χ0) is 13.3. The summed E-state index contributed by atoms with van der Waals surface area (Å²) in [5.41, 5.74) is 4.87. The maximum atomic E-state index is 11.3. The Hall–Kier alpha value is -1.79. The Kier molecular flexibility index (Phi) is 7.49. The number of nitrogens with one attached hydrogen (secondary N) is 2. The molecule has 0 rings (SSSR count). The molecule has 0 aliphatic heterocycles. The van der Waals surface area contributed by atoms with E-state index in [4.69, 9.17) is 10.8 Å². The average Bonchev–Trinajstić information content (AvgIpc) is 2.22. The van der Waals surface area contributed by atoms with E-state index in [1.807, 2.05) is 6.92 Å². The molecular formula is C10H19N3O4. The van der Waals surface area contributed by atoms with Crippen LogP contribution in [-0.2, 0) is 9.59 Å². The molecule has 17 heavy (non-hydrogen) atoms. The van der Waals surface area contributed by atoms with E-state index in [-0.39, 0.29) is 0 Å². The Labute approximate surface area is 99.7 Å². The molecule has 7 nitrogen and oxygen atoms in total. The van der Waals surface area contributed by atoms with E-state index in [9.17, 15) is 14.4 Å². The van der Waals surface area contributed by atoms with Gasteiger partial charge in [0.15, 0.2) is 0 Å². The maximum Gasteiger partial charge on any atom is 0.326 e. The fourth-order valence-electron chi connectivity index (χ4n) is 1.19. The van der Waals surface area contributed by atoms with Crippen LogP contribution in [0.2, 0.25) is 0 Å². The highest BCUT2D eigenvalue weighted by Gasteiger charge is 2.21. The number of hydrogen-bond donors (Lipinski definition) is 4. The van der Waals surface area contributed by atoms with E-state index in [2.05, 4.69) is 10.6 Å². The summed E-state index contributed by atoms with van der Waals surface area (Å²) in [6.45, 7) is 2.51. The molecule has 3 amide bonds. The van der Waals surface area contributed by atoms with E-state index >= 15 is 0 Å². The van der Waals surface area contributed by atoms with Crippen LogP contribution >= 0.6 is 0 Å². The van der Waals surface area contributed by atoms with Crippen molar-refractivity contribution in [2.24, 2.45) is 5.73 Å². The van der Waals surface area contributed by atoms with Crippen LogP contribution in [0.5, 0.6) is 0 Å². The normalized spacial score (nSPS) is 11.6. The number of rotatable bonds is 8. The Morgan fingerprint density at radius 3 is 2.41 bits per heavy atom. The van der Waals surface area contributed by atoms with E-state index in [0.29, 0.717) is 6.54 Å². The largest absolute Gasteiger partial charge is 0.480 e. The monoisotopic (exact) mass is 245 g/mol. The van der Waals surface area contributed by atoms with Gasteiger partial charge in [-0.3, -0.25) is 4.79 Å². The molecule has 98 valence electrons. The summed E-state index contributed by atoms with van der Waals surface area (Å²) in [7, 11) is 0. The second-order valence-corrected chi connectivity index (χ2v) is 3.67. The Bertz CT molecular complexity index is 281. The van der Waals surface area contributed by atoms with Crippen LogP contribution in [0.4, 0.5) is 4.79 Å². The number of nitrogens with two attached hydrogens (primary N) is 1. The van der Waals surface area contributed by atoms with Gasteiger partial charge in [0.25, 0.3) is 0 Å². The number of carbonyl (C=O) groups excluding carboxylic acids is 2. The second-order valence-electron chi connectivity index (χ2n) is 3.67. The topological polar surface area (TPSA) is 122 Å². The summed E-state index contributed by atoms with van der Waals surface area (Å²) in [5.74, 6) is -2.06. The molecule has 0 heterocycles. The summed E-state index contributed by atoms with van der Waals surface area (Å²) in [4.78, 5) is 32.5. The van der Waals surface area contributed by atoms with E-state index in [1.54, 1.807) is 0 Å². The molecule has 0 aromatic carbocycles. The number of carboxylic acid groups (broad SMARTS) is 1. The summed E-state index contributed by atoms with van der Waals surface area (Å²) >= 11 is 0. The number of unbranched alkanes of at least 4 members (excludes halogenated alkanes) is 2. The highest BCUT2D eigenvalue weighted by molar-refractivity contribution is 5.87. The smallest absolute Gasteiger partial charge is 0.326 e. The van der Waals surface area contributed by atoms with Crippen LogP contribution in [-0.4, -0.2) is 35.6 Å². The summed E-state index contributed by atoms with van der Waals surface area (Å²) in [6, 6.07) is -1.88. The third-order valence-electron chi connectivity index (χ3n) is 2.07. The van der Waals surface area contributed by atoms with Gasteiger partial charge in [-0.05, 0) is 6.42 Å². The van der Waals surface area contributed by atoms with Gasteiger partial charge < -0.3 is 21.5 Å². The molecule has 1 unspecified atom stereocenters. The van der Waals surface area contributed by atoms with Gasteiger partial charge in [0, 0.05) is 6.54 Å². The molecule has 5 N–H and O–H groups in total. The van der Waals surface area contributed by atoms with Crippen LogP contribution in [0.3, 0.4) is 0 Å². The van der Waals surface area contributed by atoms with Crippen molar-refractivity contribution in [1.29, 1.82) is 0 Å². The Morgan fingerprint density at radius 1 is 1.29 bits per heavy atom. The van der Waals surface area contributed by atoms with Crippen molar-refractivity contribution in [2.75, 3.05) is 6.54 Å². The minimum Gasteiger partial charge on any atom is -0.480 e. The number of carbonyl (C=O) groups is 3. The highest BCUT2D eigenvalue weighted by atomic mass is 16.4. The number of primary amides is 1. The first-order chi connectivity index (χ1) is 7.97. The average molecular weight is 245 g/mol. The van der Waals surface area contributed by atoms with E-state index in [1.165, 1.54) is 0 Å². The minimum absolute atomic E-state index is 0.419. The van der Waals surface area contributed by atoms with Crippen molar-refractivity contribution in [3.8, 4) is 0 Å². The predicted octanol–water partition coefficient (Wildman–Crippen LogP) is -0.196. The lowest BCUT2D eigenvalue weighted by Gasteiger charge is -2.13. The van der Waals surface area contributed by atoms with Crippen LogP contribution in [0.1, 0.15) is 32.6 Å². The summed E-state index contributed by atoms with van der Waals surface area (Å²) in [5, 5.41) is 13.4. The first-order valence-electron chi connectivity index (χ1n) is 5.52. The molecule has 0 aliphatic carbocycles. The summed E-state index contributed by atoms with van der Waals surface area (Å²) in [6.07, 6.45) is 2.43. The predicted molar refractivity (Wildman–Crippen MR) is 61.3 cm³/mol. The van der Waals surface area contributed by atoms with Gasteiger partial charge in [-0.15, -0.1) is 0 Å². The fraction of sp³-hybridized carbons (Fsp3) is 0.700. The van der Waals surface area contributed by atoms with Crippen molar-refractivity contribution in [1.82, 2.24) is 10.6 Å². The van der Waals surface area contributed by atoms with Gasteiger partial charge in [-0.2, -0.15) is 0 Å². The van der Waals surface area contributed by atoms with Gasteiger partial charge in [0.1, 0.15) is 6.04 Å². The van der Waals surface area contributed by atoms with Gasteiger partial charge in [-0.25, -0.2) is 9.59 Å². The van der Waals surface area contributed by atoms with E-state index < -0.39 is 30.4 Å². The lowest BCUT2D eigenvalue weighted by atomic mass is 10.2. The molecule has 0 aromatic rings. The molecular weight excluding hydrogens is 226 g/mol. The molecule has 0 aromatic heterocycles. The molecule has 0 fully saturated rings. The Morgan fingerprint density at radius 2 is 1.94 bits per heavy atom. The van der Waals surface area contributed by atoms with Crippen LogP contribution in [0, 0.1) is 0 Å². The molecule has 7 heteroatoms. The van der Waals surface area contributed by atoms with Crippen molar-refractivity contribution >= 4 is 17.9 Å². The number of carboxylic acids is 1. The minimum atomic E-state index is -1.28.